The lowest BCUT2D eigenvalue weighted by Gasteiger charge is -2.23. The minimum atomic E-state index is -1.89. The molecule has 3 aromatic carbocycles. The third-order valence-corrected chi connectivity index (χ3v) is 5.85. The number of ketones is 1. The monoisotopic (exact) mass is 419 g/mol. The summed E-state index contributed by atoms with van der Waals surface area (Å²) in [4.78, 5) is 27.7. The first-order chi connectivity index (χ1) is 14.5. The fourth-order valence-electron chi connectivity index (χ4n) is 4.00. The molecule has 1 aliphatic rings. The number of aryl methyl sites for hydroxylation is 1. The fraction of sp³-hybridized carbons (Fsp3) is 0.200. The minimum absolute atomic E-state index is 0.306. The van der Waals surface area contributed by atoms with Crippen molar-refractivity contribution in [3.63, 3.8) is 0 Å². The van der Waals surface area contributed by atoms with Gasteiger partial charge in [-0.3, -0.25) is 9.59 Å². The molecule has 0 aromatic heterocycles. The van der Waals surface area contributed by atoms with Crippen LogP contribution in [0.2, 0.25) is 5.02 Å². The summed E-state index contributed by atoms with van der Waals surface area (Å²) in [5, 5.41) is 11.7. The number of carbonyl (C=O) groups excluding carboxylic acids is 2. The van der Waals surface area contributed by atoms with E-state index in [4.69, 9.17) is 11.6 Å². The van der Waals surface area contributed by atoms with E-state index in [1.807, 2.05) is 30.3 Å². The SMILES string of the molecule is O=C(CC1(O)C(=O)N(CCCc2ccccc2)c2ccccc21)c1ccccc1Cl. The van der Waals surface area contributed by atoms with E-state index in [1.165, 1.54) is 5.56 Å². The smallest absolute Gasteiger partial charge is 0.264 e. The topological polar surface area (TPSA) is 57.6 Å². The lowest BCUT2D eigenvalue weighted by Crippen LogP contribution is -2.42. The number of rotatable bonds is 7. The molecule has 0 radical (unpaired) electrons. The summed E-state index contributed by atoms with van der Waals surface area (Å²) in [6.07, 6.45) is 1.23. The Bertz CT molecular complexity index is 1080. The van der Waals surface area contributed by atoms with Crippen molar-refractivity contribution in [3.05, 3.63) is 101 Å². The van der Waals surface area contributed by atoms with E-state index in [-0.39, 0.29) is 12.2 Å². The second kappa shape index (κ2) is 8.42. The number of hydrogen-bond acceptors (Lipinski definition) is 3. The Labute approximate surface area is 180 Å². The Balaban J connectivity index is 1.56. The summed E-state index contributed by atoms with van der Waals surface area (Å²) >= 11 is 6.14. The van der Waals surface area contributed by atoms with Gasteiger partial charge in [0.05, 0.1) is 17.1 Å². The van der Waals surface area contributed by atoms with Gasteiger partial charge in [0.2, 0.25) is 0 Å². The first kappa shape index (κ1) is 20.3. The Morgan fingerprint density at radius 3 is 2.37 bits per heavy atom. The predicted molar refractivity (Wildman–Crippen MR) is 118 cm³/mol. The van der Waals surface area contributed by atoms with Gasteiger partial charge in [-0.2, -0.15) is 0 Å². The largest absolute Gasteiger partial charge is 0.375 e. The number of hydrogen-bond donors (Lipinski definition) is 1. The van der Waals surface area contributed by atoms with Gasteiger partial charge < -0.3 is 10.0 Å². The molecule has 0 saturated heterocycles. The molecule has 1 amide bonds. The highest BCUT2D eigenvalue weighted by Gasteiger charge is 2.50. The summed E-state index contributed by atoms with van der Waals surface area (Å²) in [5.41, 5.74) is 0.738. The molecule has 3 aromatic rings. The molecule has 4 nitrogen and oxygen atoms in total. The van der Waals surface area contributed by atoms with Gasteiger partial charge in [0.1, 0.15) is 0 Å². The lowest BCUT2D eigenvalue weighted by molar-refractivity contribution is -0.135. The molecule has 0 spiro atoms. The average molecular weight is 420 g/mol. The molecule has 1 N–H and O–H groups in total. The molecule has 1 unspecified atom stereocenters. The number of halogens is 1. The molecule has 4 rings (SSSR count). The first-order valence-electron chi connectivity index (χ1n) is 9.96. The molecule has 1 atom stereocenters. The summed E-state index contributed by atoms with van der Waals surface area (Å²) in [6.45, 7) is 0.466. The molecule has 0 fully saturated rings. The van der Waals surface area contributed by atoms with Gasteiger partial charge in [-0.25, -0.2) is 0 Å². The van der Waals surface area contributed by atoms with Crippen molar-refractivity contribution < 1.29 is 14.7 Å². The van der Waals surface area contributed by atoms with E-state index < -0.39 is 11.5 Å². The molecule has 0 saturated carbocycles. The highest BCUT2D eigenvalue weighted by Crippen LogP contribution is 2.43. The van der Waals surface area contributed by atoms with E-state index in [9.17, 15) is 14.7 Å². The summed E-state index contributed by atoms with van der Waals surface area (Å²) in [6, 6.07) is 23.9. The van der Waals surface area contributed by atoms with Crippen LogP contribution in [-0.2, 0) is 16.8 Å². The zero-order chi connectivity index (χ0) is 21.1. The highest BCUT2D eigenvalue weighted by atomic mass is 35.5. The number of Topliss-reactive ketones (excluding diaryl/α,β-unsaturated/α-hetero) is 1. The van der Waals surface area contributed by atoms with Gasteiger partial charge in [0.15, 0.2) is 11.4 Å². The quantitative estimate of drug-likeness (QED) is 0.560. The number of carbonyl (C=O) groups is 2. The summed E-state index contributed by atoms with van der Waals surface area (Å²) < 4.78 is 0. The Kier molecular flexibility index (Phi) is 5.71. The van der Waals surface area contributed by atoms with Gasteiger partial charge in [0.25, 0.3) is 5.91 Å². The zero-order valence-corrected chi connectivity index (χ0v) is 17.2. The van der Waals surface area contributed by atoms with Crippen molar-refractivity contribution >= 4 is 29.0 Å². The van der Waals surface area contributed by atoms with Crippen molar-refractivity contribution in [2.45, 2.75) is 24.9 Å². The molecule has 30 heavy (non-hydrogen) atoms. The van der Waals surface area contributed by atoms with Crippen LogP contribution in [-0.4, -0.2) is 23.3 Å². The molecule has 0 aliphatic carbocycles. The zero-order valence-electron chi connectivity index (χ0n) is 16.4. The van der Waals surface area contributed by atoms with Crippen molar-refractivity contribution in [3.8, 4) is 0 Å². The van der Waals surface area contributed by atoms with E-state index in [2.05, 4.69) is 12.1 Å². The third-order valence-electron chi connectivity index (χ3n) is 5.52. The third kappa shape index (κ3) is 3.76. The maximum atomic E-state index is 13.3. The van der Waals surface area contributed by atoms with Crippen LogP contribution >= 0.6 is 11.6 Å². The first-order valence-corrected chi connectivity index (χ1v) is 10.3. The summed E-state index contributed by atoms with van der Waals surface area (Å²) in [7, 11) is 0. The Morgan fingerprint density at radius 1 is 0.933 bits per heavy atom. The molecular formula is C25H22ClNO3. The van der Waals surface area contributed by atoms with Crippen molar-refractivity contribution in [2.75, 3.05) is 11.4 Å². The average Bonchev–Trinajstić information content (AvgIpc) is 2.97. The van der Waals surface area contributed by atoms with E-state index in [0.717, 1.165) is 12.8 Å². The van der Waals surface area contributed by atoms with Crippen LogP contribution in [0, 0.1) is 0 Å². The van der Waals surface area contributed by atoms with Gasteiger partial charge >= 0.3 is 0 Å². The van der Waals surface area contributed by atoms with Crippen LogP contribution in [0.5, 0.6) is 0 Å². The minimum Gasteiger partial charge on any atom is -0.375 e. The number of fused-ring (bicyclic) bond motifs is 1. The van der Waals surface area contributed by atoms with Gasteiger partial charge in [-0.1, -0.05) is 72.3 Å². The Morgan fingerprint density at radius 2 is 1.60 bits per heavy atom. The number of anilines is 1. The second-order valence-corrected chi connectivity index (χ2v) is 7.91. The van der Waals surface area contributed by atoms with Gasteiger partial charge in [-0.15, -0.1) is 0 Å². The maximum absolute atomic E-state index is 13.3. The molecule has 5 heteroatoms. The molecule has 1 aliphatic heterocycles. The number of benzene rings is 3. The number of nitrogens with zero attached hydrogens (tertiary/aromatic N) is 1. The number of amides is 1. The van der Waals surface area contributed by atoms with Crippen molar-refractivity contribution in [2.24, 2.45) is 0 Å². The van der Waals surface area contributed by atoms with E-state index in [1.54, 1.807) is 41.3 Å². The molecule has 1 heterocycles. The van der Waals surface area contributed by atoms with Crippen LogP contribution in [0.25, 0.3) is 0 Å². The van der Waals surface area contributed by atoms with Crippen molar-refractivity contribution in [1.82, 2.24) is 0 Å². The van der Waals surface area contributed by atoms with Gasteiger partial charge in [0, 0.05) is 17.7 Å². The standard InChI is InChI=1S/C25H22ClNO3/c26-21-14-6-4-12-19(21)23(28)17-25(30)20-13-5-7-15-22(20)27(24(25)29)16-8-11-18-9-2-1-3-10-18/h1-7,9-10,12-15,30H,8,11,16-17H2. The van der Waals surface area contributed by atoms with Crippen molar-refractivity contribution in [1.29, 1.82) is 0 Å². The van der Waals surface area contributed by atoms with Crippen LogP contribution in [0.15, 0.2) is 78.9 Å². The predicted octanol–water partition coefficient (Wildman–Crippen LogP) is 4.78. The molecule has 0 bridgehead atoms. The van der Waals surface area contributed by atoms with Crippen LogP contribution < -0.4 is 4.90 Å². The highest BCUT2D eigenvalue weighted by molar-refractivity contribution is 6.34. The fourth-order valence-corrected chi connectivity index (χ4v) is 4.24. The van der Waals surface area contributed by atoms with Gasteiger partial charge in [-0.05, 0) is 36.6 Å². The summed E-state index contributed by atoms with van der Waals surface area (Å²) in [5.74, 6) is -0.824. The number of aliphatic hydroxyl groups is 1. The molecular weight excluding hydrogens is 398 g/mol. The van der Waals surface area contributed by atoms with E-state index in [0.29, 0.717) is 28.4 Å². The maximum Gasteiger partial charge on any atom is 0.264 e. The normalized spacial score (nSPS) is 17.8. The Hall–Kier alpha value is -2.95. The number of para-hydroxylation sites is 1. The lowest BCUT2D eigenvalue weighted by atomic mass is 9.88. The van der Waals surface area contributed by atoms with Crippen LogP contribution in [0.3, 0.4) is 0 Å². The van der Waals surface area contributed by atoms with Crippen LogP contribution in [0.1, 0.15) is 34.3 Å². The van der Waals surface area contributed by atoms with Crippen LogP contribution in [0.4, 0.5) is 5.69 Å². The molecule has 152 valence electrons. The second-order valence-electron chi connectivity index (χ2n) is 7.50. The van der Waals surface area contributed by atoms with E-state index >= 15 is 0 Å².